The molecule has 0 aromatic heterocycles. The first-order valence-corrected chi connectivity index (χ1v) is 7.81. The summed E-state index contributed by atoms with van der Waals surface area (Å²) in [6, 6.07) is 6.28. The summed E-state index contributed by atoms with van der Waals surface area (Å²) in [5.74, 6) is -1.17. The molecule has 3 rings (SSSR count). The fourth-order valence-electron chi connectivity index (χ4n) is 3.79. The van der Waals surface area contributed by atoms with Gasteiger partial charge in [0.2, 0.25) is 0 Å². The molecule has 0 saturated carbocycles. The standard InChI is InChI=1S/C17H21NO5.ClH/c1-18-11-5-8-13(18)15(17(21)22-2)14(9-11)23-16(20)10-3-6-12(19)7-4-10;/h3-4,6-7,11,13-15,19H,5,8-9H2,1-2H3;1H. The largest absolute Gasteiger partial charge is 0.508 e. The summed E-state index contributed by atoms with van der Waals surface area (Å²) >= 11 is 0. The molecular weight excluding hydrogens is 334 g/mol. The summed E-state index contributed by atoms with van der Waals surface area (Å²) < 4.78 is 10.6. The average molecular weight is 356 g/mol. The number of hydrogen-bond acceptors (Lipinski definition) is 6. The SMILES string of the molecule is COC(=O)C1C(OC(=O)c2ccc(O)cc2)CC2CCC1N2C.Cl. The molecule has 2 aliphatic rings. The molecule has 2 heterocycles. The minimum atomic E-state index is -0.479. The number of rotatable bonds is 3. The summed E-state index contributed by atoms with van der Waals surface area (Å²) in [4.78, 5) is 26.7. The second-order valence-corrected chi connectivity index (χ2v) is 6.24. The van der Waals surface area contributed by atoms with Crippen molar-refractivity contribution in [2.75, 3.05) is 14.2 Å². The number of benzene rings is 1. The second kappa shape index (κ2) is 7.40. The van der Waals surface area contributed by atoms with Gasteiger partial charge in [-0.3, -0.25) is 9.69 Å². The molecule has 2 fully saturated rings. The third-order valence-corrected chi connectivity index (χ3v) is 5.05. The van der Waals surface area contributed by atoms with Crippen LogP contribution in [0, 0.1) is 5.92 Å². The number of phenolic OH excluding ortho intramolecular Hbond substituents is 1. The van der Waals surface area contributed by atoms with Crippen LogP contribution in [0.4, 0.5) is 0 Å². The van der Waals surface area contributed by atoms with Crippen molar-refractivity contribution in [3.8, 4) is 5.75 Å². The molecule has 0 amide bonds. The summed E-state index contributed by atoms with van der Waals surface area (Å²) in [6.07, 6.45) is 2.07. The normalized spacial score (nSPS) is 28.8. The fourth-order valence-corrected chi connectivity index (χ4v) is 3.79. The Morgan fingerprint density at radius 3 is 2.50 bits per heavy atom. The fraction of sp³-hybridized carbons (Fsp3) is 0.529. The van der Waals surface area contributed by atoms with Gasteiger partial charge in [-0.1, -0.05) is 0 Å². The van der Waals surface area contributed by atoms with E-state index in [2.05, 4.69) is 4.90 Å². The van der Waals surface area contributed by atoms with Crippen LogP contribution >= 0.6 is 12.4 Å². The summed E-state index contributed by atoms with van der Waals surface area (Å²) in [7, 11) is 3.37. The smallest absolute Gasteiger partial charge is 0.338 e. The van der Waals surface area contributed by atoms with E-state index < -0.39 is 18.0 Å². The number of halogens is 1. The van der Waals surface area contributed by atoms with Gasteiger partial charge in [0.15, 0.2) is 0 Å². The quantitative estimate of drug-likeness (QED) is 0.836. The molecule has 4 atom stereocenters. The van der Waals surface area contributed by atoms with Crippen molar-refractivity contribution in [2.24, 2.45) is 5.92 Å². The Kier molecular flexibility index (Phi) is 5.72. The Balaban J connectivity index is 0.00000208. The number of esters is 2. The van der Waals surface area contributed by atoms with Gasteiger partial charge in [-0.05, 0) is 44.2 Å². The van der Waals surface area contributed by atoms with Crippen molar-refractivity contribution in [3.63, 3.8) is 0 Å². The Labute approximate surface area is 147 Å². The van der Waals surface area contributed by atoms with Crippen molar-refractivity contribution in [1.29, 1.82) is 0 Å². The third kappa shape index (κ3) is 3.35. The maximum atomic E-state index is 12.3. The van der Waals surface area contributed by atoms with Crippen LogP contribution in [0.5, 0.6) is 5.75 Å². The minimum absolute atomic E-state index is 0. The van der Waals surface area contributed by atoms with Gasteiger partial charge in [0.1, 0.15) is 17.8 Å². The van der Waals surface area contributed by atoms with Crippen molar-refractivity contribution >= 4 is 24.3 Å². The monoisotopic (exact) mass is 355 g/mol. The van der Waals surface area contributed by atoms with Gasteiger partial charge >= 0.3 is 11.9 Å². The lowest BCUT2D eigenvalue weighted by Crippen LogP contribution is -2.53. The summed E-state index contributed by atoms with van der Waals surface area (Å²) in [5, 5.41) is 9.29. The molecule has 0 aliphatic carbocycles. The van der Waals surface area contributed by atoms with Crippen molar-refractivity contribution in [2.45, 2.75) is 37.5 Å². The molecule has 2 bridgehead atoms. The predicted octanol–water partition coefficient (Wildman–Crippen LogP) is 2.00. The van der Waals surface area contributed by atoms with E-state index in [1.54, 1.807) is 0 Å². The van der Waals surface area contributed by atoms with E-state index in [-0.39, 0.29) is 30.2 Å². The number of carbonyl (C=O) groups excluding carboxylic acids is 2. The molecule has 2 saturated heterocycles. The molecule has 132 valence electrons. The van der Waals surface area contributed by atoms with E-state index in [0.717, 1.165) is 12.8 Å². The number of phenols is 1. The number of hydrogen-bond donors (Lipinski definition) is 1. The first-order chi connectivity index (χ1) is 11.0. The van der Waals surface area contributed by atoms with E-state index >= 15 is 0 Å². The number of piperidine rings is 1. The Hall–Kier alpha value is -1.79. The van der Waals surface area contributed by atoms with E-state index in [0.29, 0.717) is 18.0 Å². The predicted molar refractivity (Wildman–Crippen MR) is 89.3 cm³/mol. The highest BCUT2D eigenvalue weighted by Gasteiger charge is 2.50. The topological polar surface area (TPSA) is 76.1 Å². The third-order valence-electron chi connectivity index (χ3n) is 5.05. The summed E-state index contributed by atoms with van der Waals surface area (Å²) in [6.45, 7) is 0. The minimum Gasteiger partial charge on any atom is -0.508 e. The molecule has 0 radical (unpaired) electrons. The van der Waals surface area contributed by atoms with Crippen molar-refractivity contribution < 1.29 is 24.2 Å². The molecule has 6 nitrogen and oxygen atoms in total. The average Bonchev–Trinajstić information content (AvgIpc) is 2.78. The van der Waals surface area contributed by atoms with Gasteiger partial charge in [-0.2, -0.15) is 0 Å². The van der Waals surface area contributed by atoms with Gasteiger partial charge in [0.05, 0.1) is 12.7 Å². The highest BCUT2D eigenvalue weighted by atomic mass is 35.5. The molecule has 1 N–H and O–H groups in total. The van der Waals surface area contributed by atoms with Crippen LogP contribution in [0.15, 0.2) is 24.3 Å². The van der Waals surface area contributed by atoms with E-state index in [9.17, 15) is 14.7 Å². The molecular formula is C17H22ClNO5. The molecule has 1 aromatic rings. The number of nitrogens with zero attached hydrogens (tertiary/aromatic N) is 1. The Morgan fingerprint density at radius 2 is 1.88 bits per heavy atom. The van der Waals surface area contributed by atoms with Gasteiger partial charge in [-0.15, -0.1) is 12.4 Å². The van der Waals surface area contributed by atoms with Crippen LogP contribution in [0.25, 0.3) is 0 Å². The zero-order chi connectivity index (χ0) is 16.6. The Morgan fingerprint density at radius 1 is 1.21 bits per heavy atom. The first-order valence-electron chi connectivity index (χ1n) is 7.81. The number of ether oxygens (including phenoxy) is 2. The van der Waals surface area contributed by atoms with Gasteiger partial charge in [-0.25, -0.2) is 4.79 Å². The number of aromatic hydroxyl groups is 1. The molecule has 4 unspecified atom stereocenters. The first kappa shape index (κ1) is 18.5. The van der Waals surface area contributed by atoms with E-state index in [1.165, 1.54) is 31.4 Å². The van der Waals surface area contributed by atoms with Crippen molar-refractivity contribution in [3.05, 3.63) is 29.8 Å². The molecule has 2 aliphatic heterocycles. The molecule has 0 spiro atoms. The van der Waals surface area contributed by atoms with Crippen LogP contribution in [-0.4, -0.2) is 54.3 Å². The molecule has 1 aromatic carbocycles. The lowest BCUT2D eigenvalue weighted by atomic mass is 9.87. The number of carbonyl (C=O) groups is 2. The molecule has 24 heavy (non-hydrogen) atoms. The van der Waals surface area contributed by atoms with E-state index in [1.807, 2.05) is 7.05 Å². The lowest BCUT2D eigenvalue weighted by Gasteiger charge is -2.40. The lowest BCUT2D eigenvalue weighted by molar-refractivity contribution is -0.156. The maximum Gasteiger partial charge on any atom is 0.338 e. The highest BCUT2D eigenvalue weighted by molar-refractivity contribution is 5.90. The Bertz CT molecular complexity index is 606. The van der Waals surface area contributed by atoms with E-state index in [4.69, 9.17) is 9.47 Å². The van der Waals surface area contributed by atoms with Gasteiger partial charge in [0, 0.05) is 18.5 Å². The van der Waals surface area contributed by atoms with Crippen LogP contribution < -0.4 is 0 Å². The zero-order valence-corrected chi connectivity index (χ0v) is 14.5. The van der Waals surface area contributed by atoms with Gasteiger partial charge in [0.25, 0.3) is 0 Å². The van der Waals surface area contributed by atoms with Gasteiger partial charge < -0.3 is 14.6 Å². The van der Waals surface area contributed by atoms with Crippen LogP contribution in [0.2, 0.25) is 0 Å². The molecule has 7 heteroatoms. The zero-order valence-electron chi connectivity index (χ0n) is 13.7. The van der Waals surface area contributed by atoms with Crippen LogP contribution in [0.1, 0.15) is 29.6 Å². The number of methoxy groups -OCH3 is 1. The van der Waals surface area contributed by atoms with Crippen molar-refractivity contribution in [1.82, 2.24) is 4.90 Å². The van der Waals surface area contributed by atoms with Crippen LogP contribution in [0.3, 0.4) is 0 Å². The van der Waals surface area contributed by atoms with Crippen LogP contribution in [-0.2, 0) is 14.3 Å². The second-order valence-electron chi connectivity index (χ2n) is 6.24. The summed E-state index contributed by atoms with van der Waals surface area (Å²) in [5.41, 5.74) is 0.359. The number of fused-ring (bicyclic) bond motifs is 2. The maximum absolute atomic E-state index is 12.3. The highest BCUT2D eigenvalue weighted by Crippen LogP contribution is 2.40.